The molecule has 138 valence electrons. The van der Waals surface area contributed by atoms with Crippen molar-refractivity contribution in [3.05, 3.63) is 64.1 Å². The van der Waals surface area contributed by atoms with Gasteiger partial charge in [-0.25, -0.2) is 0 Å². The third-order valence-corrected chi connectivity index (χ3v) is 4.80. The topological polar surface area (TPSA) is 74.4 Å². The lowest BCUT2D eigenvalue weighted by molar-refractivity contribution is 0.0946. The Hall–Kier alpha value is -2.60. The van der Waals surface area contributed by atoms with E-state index in [4.69, 9.17) is 4.74 Å². The number of aromatic nitrogens is 1. The van der Waals surface area contributed by atoms with Crippen molar-refractivity contribution in [1.29, 1.82) is 0 Å². The highest BCUT2D eigenvalue weighted by molar-refractivity contribution is 5.92. The van der Waals surface area contributed by atoms with Crippen molar-refractivity contribution in [2.24, 2.45) is 5.92 Å². The van der Waals surface area contributed by atoms with Crippen LogP contribution >= 0.6 is 0 Å². The number of pyridine rings is 1. The van der Waals surface area contributed by atoms with Gasteiger partial charge < -0.3 is 15.0 Å². The predicted octanol–water partition coefficient (Wildman–Crippen LogP) is 2.03. The van der Waals surface area contributed by atoms with E-state index >= 15 is 0 Å². The van der Waals surface area contributed by atoms with E-state index in [9.17, 15) is 9.59 Å². The largest absolute Gasteiger partial charge is 0.491 e. The van der Waals surface area contributed by atoms with Gasteiger partial charge >= 0.3 is 0 Å². The van der Waals surface area contributed by atoms with Gasteiger partial charge in [0.25, 0.3) is 5.91 Å². The van der Waals surface area contributed by atoms with E-state index in [0.717, 1.165) is 32.5 Å². The van der Waals surface area contributed by atoms with Crippen LogP contribution in [0.5, 0.6) is 5.75 Å². The van der Waals surface area contributed by atoms with Crippen LogP contribution in [-0.2, 0) is 6.54 Å². The van der Waals surface area contributed by atoms with E-state index in [-0.39, 0.29) is 22.8 Å². The van der Waals surface area contributed by atoms with E-state index in [2.05, 4.69) is 39.5 Å². The molecule has 1 amide bonds. The summed E-state index contributed by atoms with van der Waals surface area (Å²) in [5.74, 6) is 0.531. The van der Waals surface area contributed by atoms with Gasteiger partial charge in [-0.05, 0) is 30.9 Å². The first-order chi connectivity index (χ1) is 12.7. The number of carbonyl (C=O) groups excluding carboxylic acids is 1. The Morgan fingerprint density at radius 2 is 2.15 bits per heavy atom. The molecule has 1 saturated heterocycles. The number of methoxy groups -OCH3 is 1. The predicted molar refractivity (Wildman–Crippen MR) is 100 cm³/mol. The minimum absolute atomic E-state index is 0.200. The van der Waals surface area contributed by atoms with Gasteiger partial charge in [0.15, 0.2) is 5.75 Å². The number of carbonyl (C=O) groups is 1. The monoisotopic (exact) mass is 355 g/mol. The summed E-state index contributed by atoms with van der Waals surface area (Å²) in [6, 6.07) is 11.8. The molecule has 2 N–H and O–H groups in total. The van der Waals surface area contributed by atoms with Crippen LogP contribution in [0.3, 0.4) is 0 Å². The molecular formula is C20H25N3O3. The lowest BCUT2D eigenvalue weighted by atomic mass is 10.1. The average molecular weight is 355 g/mol. The molecule has 26 heavy (non-hydrogen) atoms. The van der Waals surface area contributed by atoms with E-state index in [1.165, 1.54) is 24.9 Å². The van der Waals surface area contributed by atoms with Crippen molar-refractivity contribution in [3.8, 4) is 5.75 Å². The summed E-state index contributed by atoms with van der Waals surface area (Å²) >= 11 is 0. The highest BCUT2D eigenvalue weighted by Crippen LogP contribution is 2.21. The molecule has 1 aliphatic rings. The van der Waals surface area contributed by atoms with Crippen LogP contribution in [0, 0.1) is 5.92 Å². The second-order valence-electron chi connectivity index (χ2n) is 6.70. The molecule has 6 nitrogen and oxygen atoms in total. The van der Waals surface area contributed by atoms with Crippen molar-refractivity contribution in [3.63, 3.8) is 0 Å². The van der Waals surface area contributed by atoms with Gasteiger partial charge in [0.1, 0.15) is 5.69 Å². The summed E-state index contributed by atoms with van der Waals surface area (Å²) in [6.45, 7) is 3.75. The fourth-order valence-electron chi connectivity index (χ4n) is 3.37. The molecule has 2 heterocycles. The highest BCUT2D eigenvalue weighted by Gasteiger charge is 2.22. The number of nitrogens with zero attached hydrogens (tertiary/aromatic N) is 1. The molecule has 0 radical (unpaired) electrons. The van der Waals surface area contributed by atoms with Crippen LogP contribution in [0.15, 0.2) is 47.4 Å². The molecule has 1 aliphatic heterocycles. The SMILES string of the molecule is COc1c[nH]c(C(=O)NCC[C@H]2CCN(Cc3ccccc3)C2)cc1=O. The van der Waals surface area contributed by atoms with Crippen molar-refractivity contribution in [2.75, 3.05) is 26.7 Å². The van der Waals surface area contributed by atoms with Gasteiger partial charge in [-0.2, -0.15) is 0 Å². The quantitative estimate of drug-likeness (QED) is 0.797. The third-order valence-electron chi connectivity index (χ3n) is 4.80. The van der Waals surface area contributed by atoms with Crippen molar-refractivity contribution in [2.45, 2.75) is 19.4 Å². The van der Waals surface area contributed by atoms with E-state index in [1.807, 2.05) is 6.07 Å². The minimum atomic E-state index is -0.302. The summed E-state index contributed by atoms with van der Waals surface area (Å²) < 4.78 is 4.90. The Morgan fingerprint density at radius 3 is 2.88 bits per heavy atom. The number of hydrogen-bond donors (Lipinski definition) is 2. The molecule has 1 fully saturated rings. The maximum absolute atomic E-state index is 12.1. The third kappa shape index (κ3) is 4.73. The number of aromatic amines is 1. The fourth-order valence-corrected chi connectivity index (χ4v) is 3.37. The average Bonchev–Trinajstić information content (AvgIpc) is 3.09. The molecule has 1 aromatic carbocycles. The standard InChI is InChI=1S/C20H25N3O3/c1-26-19-12-22-17(11-18(19)24)20(25)21-9-7-16-8-10-23(14-16)13-15-5-3-2-4-6-15/h2-6,11-12,16H,7-10,13-14H2,1H3,(H,21,25)(H,22,24)/t16-/m0/s1. The molecule has 3 rings (SSSR count). The van der Waals surface area contributed by atoms with Crippen molar-refractivity contribution >= 4 is 5.91 Å². The maximum atomic E-state index is 12.1. The zero-order valence-electron chi connectivity index (χ0n) is 15.0. The van der Waals surface area contributed by atoms with Crippen molar-refractivity contribution in [1.82, 2.24) is 15.2 Å². The number of rotatable bonds is 7. The number of amides is 1. The number of likely N-dealkylation sites (tertiary alicyclic amines) is 1. The fraction of sp³-hybridized carbons (Fsp3) is 0.400. The second kappa shape index (κ2) is 8.67. The Kier molecular flexibility index (Phi) is 6.07. The molecular weight excluding hydrogens is 330 g/mol. The molecule has 6 heteroatoms. The lowest BCUT2D eigenvalue weighted by Crippen LogP contribution is -2.28. The molecule has 2 aromatic rings. The second-order valence-corrected chi connectivity index (χ2v) is 6.70. The normalized spacial score (nSPS) is 17.2. The number of nitrogens with one attached hydrogen (secondary N) is 2. The smallest absolute Gasteiger partial charge is 0.267 e. The first-order valence-corrected chi connectivity index (χ1v) is 8.97. The number of benzene rings is 1. The van der Waals surface area contributed by atoms with E-state index < -0.39 is 0 Å². The molecule has 1 atom stereocenters. The van der Waals surface area contributed by atoms with Gasteiger partial charge in [0.05, 0.1) is 7.11 Å². The summed E-state index contributed by atoms with van der Waals surface area (Å²) in [7, 11) is 1.42. The summed E-state index contributed by atoms with van der Waals surface area (Å²) in [6.07, 6.45) is 3.51. The van der Waals surface area contributed by atoms with Gasteiger partial charge in [0, 0.05) is 31.9 Å². The summed E-state index contributed by atoms with van der Waals surface area (Å²) in [5, 5.41) is 2.89. The molecule has 0 aliphatic carbocycles. The van der Waals surface area contributed by atoms with Crippen LogP contribution < -0.4 is 15.5 Å². The van der Waals surface area contributed by atoms with Crippen LogP contribution in [0.25, 0.3) is 0 Å². The zero-order valence-corrected chi connectivity index (χ0v) is 15.0. The molecule has 1 aromatic heterocycles. The summed E-state index contributed by atoms with van der Waals surface area (Å²) in [5.41, 5.74) is 1.29. The Balaban J connectivity index is 1.42. The van der Waals surface area contributed by atoms with Crippen LogP contribution in [0.4, 0.5) is 0 Å². The van der Waals surface area contributed by atoms with Gasteiger partial charge in [-0.3, -0.25) is 14.5 Å². The van der Waals surface area contributed by atoms with Gasteiger partial charge in [-0.1, -0.05) is 30.3 Å². The molecule has 0 saturated carbocycles. The van der Waals surface area contributed by atoms with Crippen LogP contribution in [0.2, 0.25) is 0 Å². The highest BCUT2D eigenvalue weighted by atomic mass is 16.5. The lowest BCUT2D eigenvalue weighted by Gasteiger charge is -2.16. The Labute approximate surface area is 153 Å². The van der Waals surface area contributed by atoms with E-state index in [0.29, 0.717) is 12.5 Å². The Morgan fingerprint density at radius 1 is 1.35 bits per heavy atom. The first kappa shape index (κ1) is 18.2. The molecule has 0 spiro atoms. The minimum Gasteiger partial charge on any atom is -0.491 e. The van der Waals surface area contributed by atoms with Crippen LogP contribution in [0.1, 0.15) is 28.9 Å². The van der Waals surface area contributed by atoms with Gasteiger partial charge in [0.2, 0.25) is 5.43 Å². The Bertz CT molecular complexity index is 788. The number of hydrogen-bond acceptors (Lipinski definition) is 4. The summed E-state index contributed by atoms with van der Waals surface area (Å²) in [4.78, 5) is 29.1. The zero-order chi connectivity index (χ0) is 18.4. The van der Waals surface area contributed by atoms with Gasteiger partial charge in [-0.15, -0.1) is 0 Å². The first-order valence-electron chi connectivity index (χ1n) is 8.97. The number of H-pyrrole nitrogens is 1. The molecule has 0 bridgehead atoms. The molecule has 0 unspecified atom stereocenters. The van der Waals surface area contributed by atoms with Crippen molar-refractivity contribution < 1.29 is 9.53 Å². The van der Waals surface area contributed by atoms with Crippen LogP contribution in [-0.4, -0.2) is 42.5 Å². The van der Waals surface area contributed by atoms with E-state index in [1.54, 1.807) is 0 Å². The maximum Gasteiger partial charge on any atom is 0.267 e. The number of ether oxygens (including phenoxy) is 1.